The first-order valence-corrected chi connectivity index (χ1v) is 6.51. The van der Waals surface area contributed by atoms with Crippen LogP contribution in [0.4, 0.5) is 0 Å². The number of carbonyl (C=O) groups excluding carboxylic acids is 1. The van der Waals surface area contributed by atoms with Gasteiger partial charge in [-0.3, -0.25) is 4.79 Å². The lowest BCUT2D eigenvalue weighted by molar-refractivity contribution is -0.143. The van der Waals surface area contributed by atoms with E-state index in [0.29, 0.717) is 31.7 Å². The number of rotatable bonds is 7. The van der Waals surface area contributed by atoms with Gasteiger partial charge in [-0.2, -0.15) is 5.26 Å². The van der Waals surface area contributed by atoms with Crippen molar-refractivity contribution in [3.63, 3.8) is 0 Å². The maximum absolute atomic E-state index is 11.3. The second-order valence-electron chi connectivity index (χ2n) is 4.43. The standard InChI is InChI=1S/C15H20N2O3/c1-4-20-15(18)7-8-17(2)11-13-9-12(10-16)5-6-14(13)19-3/h5-6,9H,4,7-8,11H2,1-3H3. The van der Waals surface area contributed by atoms with Gasteiger partial charge in [-0.25, -0.2) is 0 Å². The summed E-state index contributed by atoms with van der Waals surface area (Å²) < 4.78 is 10.2. The molecule has 0 radical (unpaired) electrons. The van der Waals surface area contributed by atoms with Crippen LogP contribution in [0.5, 0.6) is 5.75 Å². The van der Waals surface area contributed by atoms with Gasteiger partial charge in [0.15, 0.2) is 0 Å². The number of carbonyl (C=O) groups is 1. The van der Waals surface area contributed by atoms with Gasteiger partial charge in [-0.05, 0) is 32.2 Å². The third-order valence-corrected chi connectivity index (χ3v) is 2.85. The minimum atomic E-state index is -0.197. The Labute approximate surface area is 119 Å². The summed E-state index contributed by atoms with van der Waals surface area (Å²) in [5.74, 6) is 0.545. The predicted molar refractivity (Wildman–Crippen MR) is 75.3 cm³/mol. The van der Waals surface area contributed by atoms with Gasteiger partial charge in [0.05, 0.1) is 31.8 Å². The van der Waals surface area contributed by atoms with Crippen molar-refractivity contribution in [1.82, 2.24) is 4.90 Å². The molecule has 5 heteroatoms. The first kappa shape index (κ1) is 16.0. The number of methoxy groups -OCH3 is 1. The Bertz CT molecular complexity index is 494. The Morgan fingerprint density at radius 3 is 2.80 bits per heavy atom. The summed E-state index contributed by atoms with van der Waals surface area (Å²) in [5.41, 5.74) is 1.53. The molecule has 0 saturated carbocycles. The molecule has 0 heterocycles. The van der Waals surface area contributed by atoms with Crippen LogP contribution in [0.25, 0.3) is 0 Å². The molecule has 1 aromatic rings. The predicted octanol–water partition coefficient (Wildman–Crippen LogP) is 1.95. The summed E-state index contributed by atoms with van der Waals surface area (Å²) in [6.07, 6.45) is 0.352. The fraction of sp³-hybridized carbons (Fsp3) is 0.467. The van der Waals surface area contributed by atoms with E-state index in [1.807, 2.05) is 11.9 Å². The minimum absolute atomic E-state index is 0.197. The lowest BCUT2D eigenvalue weighted by atomic mass is 10.1. The van der Waals surface area contributed by atoms with Crippen molar-refractivity contribution >= 4 is 5.97 Å². The van der Waals surface area contributed by atoms with Crippen LogP contribution in [0, 0.1) is 11.3 Å². The van der Waals surface area contributed by atoms with Gasteiger partial charge in [0.2, 0.25) is 0 Å². The van der Waals surface area contributed by atoms with E-state index in [2.05, 4.69) is 6.07 Å². The largest absolute Gasteiger partial charge is 0.496 e. The number of esters is 1. The smallest absolute Gasteiger partial charge is 0.307 e. The van der Waals surface area contributed by atoms with Gasteiger partial charge < -0.3 is 14.4 Å². The Kier molecular flexibility index (Phi) is 6.54. The lowest BCUT2D eigenvalue weighted by Gasteiger charge is -2.18. The molecule has 0 unspecified atom stereocenters. The van der Waals surface area contributed by atoms with Crippen molar-refractivity contribution in [2.24, 2.45) is 0 Å². The number of nitriles is 1. The molecular formula is C15H20N2O3. The fourth-order valence-corrected chi connectivity index (χ4v) is 1.86. The molecule has 0 aliphatic heterocycles. The molecule has 0 N–H and O–H groups in total. The molecule has 0 atom stereocenters. The summed E-state index contributed by atoms with van der Waals surface area (Å²) in [4.78, 5) is 13.3. The van der Waals surface area contributed by atoms with Crippen LogP contribution in [-0.2, 0) is 16.1 Å². The zero-order valence-corrected chi connectivity index (χ0v) is 12.2. The number of ether oxygens (including phenoxy) is 2. The molecule has 108 valence electrons. The van der Waals surface area contributed by atoms with E-state index >= 15 is 0 Å². The van der Waals surface area contributed by atoms with Gasteiger partial charge in [0.25, 0.3) is 0 Å². The SMILES string of the molecule is CCOC(=O)CCN(C)Cc1cc(C#N)ccc1OC. The van der Waals surface area contributed by atoms with Crippen LogP contribution in [0.2, 0.25) is 0 Å². The molecule has 0 aromatic heterocycles. The summed E-state index contributed by atoms with van der Waals surface area (Å²) in [7, 11) is 3.52. The second-order valence-corrected chi connectivity index (χ2v) is 4.43. The summed E-state index contributed by atoms with van der Waals surface area (Å²) in [5, 5.41) is 8.93. The normalized spacial score (nSPS) is 10.2. The van der Waals surface area contributed by atoms with Crippen LogP contribution in [0.3, 0.4) is 0 Å². The van der Waals surface area contributed by atoms with Gasteiger partial charge in [0, 0.05) is 18.7 Å². The molecule has 0 spiro atoms. The third-order valence-electron chi connectivity index (χ3n) is 2.85. The molecule has 0 fully saturated rings. The van der Waals surface area contributed by atoms with Crippen molar-refractivity contribution in [2.75, 3.05) is 27.3 Å². The summed E-state index contributed by atoms with van der Waals surface area (Å²) in [6.45, 7) is 3.40. The number of nitrogens with zero attached hydrogens (tertiary/aromatic N) is 2. The van der Waals surface area contributed by atoms with Crippen LogP contribution in [0.1, 0.15) is 24.5 Å². The number of benzene rings is 1. The van der Waals surface area contributed by atoms with Crippen LogP contribution >= 0.6 is 0 Å². The zero-order valence-electron chi connectivity index (χ0n) is 12.2. The Morgan fingerprint density at radius 2 is 2.20 bits per heavy atom. The maximum Gasteiger partial charge on any atom is 0.307 e. The average Bonchev–Trinajstić information content (AvgIpc) is 2.45. The van der Waals surface area contributed by atoms with E-state index in [9.17, 15) is 4.79 Å². The Morgan fingerprint density at radius 1 is 1.45 bits per heavy atom. The second kappa shape index (κ2) is 8.18. The molecule has 5 nitrogen and oxygen atoms in total. The topological polar surface area (TPSA) is 62.6 Å². The highest BCUT2D eigenvalue weighted by atomic mass is 16.5. The number of hydrogen-bond donors (Lipinski definition) is 0. The molecule has 0 bridgehead atoms. The summed E-state index contributed by atoms with van der Waals surface area (Å²) in [6, 6.07) is 7.42. The van der Waals surface area contributed by atoms with Gasteiger partial charge in [0.1, 0.15) is 5.75 Å². The zero-order chi connectivity index (χ0) is 15.0. The summed E-state index contributed by atoms with van der Waals surface area (Å²) >= 11 is 0. The molecule has 1 aromatic carbocycles. The highest BCUT2D eigenvalue weighted by Gasteiger charge is 2.09. The molecule has 1 rings (SSSR count). The van der Waals surface area contributed by atoms with E-state index in [4.69, 9.17) is 14.7 Å². The fourth-order valence-electron chi connectivity index (χ4n) is 1.86. The monoisotopic (exact) mass is 276 g/mol. The van der Waals surface area contributed by atoms with Gasteiger partial charge in [-0.15, -0.1) is 0 Å². The van der Waals surface area contributed by atoms with E-state index in [1.54, 1.807) is 32.2 Å². The van der Waals surface area contributed by atoms with Crippen molar-refractivity contribution in [3.8, 4) is 11.8 Å². The van der Waals surface area contributed by atoms with Gasteiger partial charge >= 0.3 is 5.97 Å². The average molecular weight is 276 g/mol. The lowest BCUT2D eigenvalue weighted by Crippen LogP contribution is -2.22. The minimum Gasteiger partial charge on any atom is -0.496 e. The van der Waals surface area contributed by atoms with E-state index in [-0.39, 0.29) is 5.97 Å². The van der Waals surface area contributed by atoms with E-state index < -0.39 is 0 Å². The quantitative estimate of drug-likeness (QED) is 0.712. The molecule has 0 aliphatic rings. The molecule has 0 saturated heterocycles. The third kappa shape index (κ3) is 4.90. The maximum atomic E-state index is 11.3. The Hall–Kier alpha value is -2.06. The molecule has 0 aliphatic carbocycles. The van der Waals surface area contributed by atoms with Crippen molar-refractivity contribution in [1.29, 1.82) is 5.26 Å². The van der Waals surface area contributed by atoms with Crippen molar-refractivity contribution in [3.05, 3.63) is 29.3 Å². The van der Waals surface area contributed by atoms with Crippen LogP contribution in [0.15, 0.2) is 18.2 Å². The first-order chi connectivity index (χ1) is 9.60. The molecule has 0 amide bonds. The molecule has 20 heavy (non-hydrogen) atoms. The number of hydrogen-bond acceptors (Lipinski definition) is 5. The van der Waals surface area contributed by atoms with Crippen LogP contribution in [-0.4, -0.2) is 38.2 Å². The van der Waals surface area contributed by atoms with E-state index in [1.165, 1.54) is 0 Å². The van der Waals surface area contributed by atoms with Crippen molar-refractivity contribution in [2.45, 2.75) is 19.9 Å². The van der Waals surface area contributed by atoms with Crippen LogP contribution < -0.4 is 4.74 Å². The highest BCUT2D eigenvalue weighted by molar-refractivity contribution is 5.69. The van der Waals surface area contributed by atoms with Crippen molar-refractivity contribution < 1.29 is 14.3 Å². The highest BCUT2D eigenvalue weighted by Crippen LogP contribution is 2.21. The Balaban J connectivity index is 2.63. The molecular weight excluding hydrogens is 256 g/mol. The van der Waals surface area contributed by atoms with Gasteiger partial charge in [-0.1, -0.05) is 0 Å². The van der Waals surface area contributed by atoms with E-state index in [0.717, 1.165) is 11.3 Å². The first-order valence-electron chi connectivity index (χ1n) is 6.51.